The van der Waals surface area contributed by atoms with Crippen LogP contribution in [0.3, 0.4) is 0 Å². The smallest absolute Gasteiger partial charge is 0.219 e. The van der Waals surface area contributed by atoms with Gasteiger partial charge in [0.25, 0.3) is 0 Å². The van der Waals surface area contributed by atoms with Crippen molar-refractivity contribution >= 4 is 17.5 Å². The molecule has 1 unspecified atom stereocenters. The minimum absolute atomic E-state index is 0.147. The molecule has 102 valence electrons. The van der Waals surface area contributed by atoms with Gasteiger partial charge in [0.1, 0.15) is 0 Å². The lowest BCUT2D eigenvalue weighted by atomic mass is 10.1. The first-order valence-corrected chi connectivity index (χ1v) is 7.51. The summed E-state index contributed by atoms with van der Waals surface area (Å²) in [5.41, 5.74) is 0. The molecular weight excluding hydrogens is 234 g/mol. The monoisotopic (exact) mass is 261 g/mol. The van der Waals surface area contributed by atoms with Crippen LogP contribution in [-0.4, -0.2) is 17.8 Å². The average Bonchev–Trinajstić information content (AvgIpc) is 2.27. The third-order valence-electron chi connectivity index (χ3n) is 2.87. The van der Waals surface area contributed by atoms with E-state index in [1.165, 1.54) is 38.5 Å². The van der Waals surface area contributed by atoms with Gasteiger partial charge >= 0.3 is 0 Å². The van der Waals surface area contributed by atoms with Crippen LogP contribution in [0, 0.1) is 0 Å². The van der Waals surface area contributed by atoms with Gasteiger partial charge in [0, 0.05) is 18.3 Å². The van der Waals surface area contributed by atoms with E-state index in [1.54, 1.807) is 0 Å². The van der Waals surface area contributed by atoms with Gasteiger partial charge in [0.05, 0.1) is 0 Å². The third-order valence-corrected chi connectivity index (χ3v) is 3.09. The van der Waals surface area contributed by atoms with E-state index in [4.69, 9.17) is 11.6 Å². The lowest BCUT2D eigenvalue weighted by molar-refractivity contribution is -0.121. The summed E-state index contributed by atoms with van der Waals surface area (Å²) in [5, 5.41) is 3.05. The molecule has 0 aromatic rings. The molecule has 0 radical (unpaired) electrons. The van der Waals surface area contributed by atoms with Gasteiger partial charge in [-0.25, -0.2) is 0 Å². The molecule has 0 spiro atoms. The molecule has 0 aliphatic rings. The lowest BCUT2D eigenvalue weighted by Crippen LogP contribution is -2.25. The number of unbranched alkanes of at least 4 members (excludes halogenated alkanes) is 6. The SMILES string of the molecule is CCCCCCCCCC(=O)NCCC(C)Cl. The van der Waals surface area contributed by atoms with Crippen LogP contribution in [0.1, 0.15) is 71.6 Å². The largest absolute Gasteiger partial charge is 0.356 e. The quantitative estimate of drug-likeness (QED) is 0.437. The third kappa shape index (κ3) is 13.7. The normalized spacial score (nSPS) is 12.4. The van der Waals surface area contributed by atoms with Gasteiger partial charge in [-0.15, -0.1) is 11.6 Å². The lowest BCUT2D eigenvalue weighted by Gasteiger charge is -2.06. The molecule has 0 fully saturated rings. The fourth-order valence-electron chi connectivity index (χ4n) is 1.74. The number of carbonyl (C=O) groups is 1. The standard InChI is InChI=1S/C14H28ClNO/c1-3-4-5-6-7-8-9-10-14(17)16-12-11-13(2)15/h13H,3-12H2,1-2H3,(H,16,17). The Labute approximate surface area is 111 Å². The molecule has 0 saturated carbocycles. The Morgan fingerprint density at radius 2 is 1.71 bits per heavy atom. The van der Waals surface area contributed by atoms with E-state index in [9.17, 15) is 4.79 Å². The van der Waals surface area contributed by atoms with Crippen molar-refractivity contribution in [3.05, 3.63) is 0 Å². The molecule has 0 aromatic carbocycles. The zero-order valence-corrected chi connectivity index (χ0v) is 12.2. The number of hydrogen-bond acceptors (Lipinski definition) is 1. The Hall–Kier alpha value is -0.240. The van der Waals surface area contributed by atoms with Crippen LogP contribution in [0.15, 0.2) is 0 Å². The maximum absolute atomic E-state index is 11.4. The first-order valence-electron chi connectivity index (χ1n) is 7.07. The molecule has 0 saturated heterocycles. The van der Waals surface area contributed by atoms with Gasteiger partial charge in [0.15, 0.2) is 0 Å². The maximum atomic E-state index is 11.4. The second-order valence-corrected chi connectivity index (χ2v) is 5.54. The van der Waals surface area contributed by atoms with Gasteiger partial charge in [-0.3, -0.25) is 4.79 Å². The minimum atomic E-state index is 0.147. The topological polar surface area (TPSA) is 29.1 Å². The van der Waals surface area contributed by atoms with Crippen LogP contribution < -0.4 is 5.32 Å². The van der Waals surface area contributed by atoms with Crippen molar-refractivity contribution in [2.45, 2.75) is 77.0 Å². The molecule has 2 nitrogen and oxygen atoms in total. The summed E-state index contributed by atoms with van der Waals surface area (Å²) in [6, 6.07) is 0. The van der Waals surface area contributed by atoms with Crippen molar-refractivity contribution in [1.29, 1.82) is 0 Å². The fraction of sp³-hybridized carbons (Fsp3) is 0.929. The summed E-state index contributed by atoms with van der Waals surface area (Å²) in [4.78, 5) is 11.4. The fourth-order valence-corrected chi connectivity index (χ4v) is 1.85. The number of hydrogen-bond donors (Lipinski definition) is 1. The second-order valence-electron chi connectivity index (χ2n) is 4.79. The highest BCUT2D eigenvalue weighted by atomic mass is 35.5. The highest BCUT2D eigenvalue weighted by molar-refractivity contribution is 6.20. The van der Waals surface area contributed by atoms with Gasteiger partial charge in [0.2, 0.25) is 5.91 Å². The van der Waals surface area contributed by atoms with Crippen molar-refractivity contribution in [3.63, 3.8) is 0 Å². The highest BCUT2D eigenvalue weighted by Crippen LogP contribution is 2.08. The number of amides is 1. The van der Waals surface area contributed by atoms with Crippen molar-refractivity contribution in [2.24, 2.45) is 0 Å². The Morgan fingerprint density at radius 3 is 2.29 bits per heavy atom. The Kier molecular flexibility index (Phi) is 12.1. The van der Waals surface area contributed by atoms with Crippen molar-refractivity contribution in [1.82, 2.24) is 5.32 Å². The summed E-state index contributed by atoms with van der Waals surface area (Å²) in [7, 11) is 0. The molecular formula is C14H28ClNO. The van der Waals surface area contributed by atoms with Gasteiger partial charge in [-0.2, -0.15) is 0 Å². The first kappa shape index (κ1) is 16.8. The average molecular weight is 262 g/mol. The number of carbonyl (C=O) groups excluding carboxylic acids is 1. The molecule has 0 aliphatic heterocycles. The van der Waals surface area contributed by atoms with Crippen LogP contribution in [0.5, 0.6) is 0 Å². The van der Waals surface area contributed by atoms with E-state index >= 15 is 0 Å². The Morgan fingerprint density at radius 1 is 1.12 bits per heavy atom. The van der Waals surface area contributed by atoms with E-state index in [-0.39, 0.29) is 11.3 Å². The number of alkyl halides is 1. The molecule has 3 heteroatoms. The first-order chi connectivity index (χ1) is 8.16. The van der Waals surface area contributed by atoms with E-state index in [0.717, 1.165) is 12.8 Å². The van der Waals surface area contributed by atoms with Crippen molar-refractivity contribution in [2.75, 3.05) is 6.54 Å². The predicted molar refractivity (Wildman–Crippen MR) is 75.6 cm³/mol. The van der Waals surface area contributed by atoms with Crippen molar-refractivity contribution < 1.29 is 4.79 Å². The van der Waals surface area contributed by atoms with Crippen LogP contribution in [0.2, 0.25) is 0 Å². The molecule has 0 heterocycles. The molecule has 0 bridgehead atoms. The maximum Gasteiger partial charge on any atom is 0.219 e. The summed E-state index contributed by atoms with van der Waals surface area (Å²) < 4.78 is 0. The van der Waals surface area contributed by atoms with Crippen LogP contribution in [0.4, 0.5) is 0 Å². The molecule has 0 rings (SSSR count). The van der Waals surface area contributed by atoms with E-state index in [0.29, 0.717) is 13.0 Å². The van der Waals surface area contributed by atoms with Crippen LogP contribution in [0.25, 0.3) is 0 Å². The predicted octanol–water partition coefficient (Wildman–Crippen LogP) is 4.26. The molecule has 1 atom stereocenters. The molecule has 1 amide bonds. The minimum Gasteiger partial charge on any atom is -0.356 e. The van der Waals surface area contributed by atoms with E-state index in [1.807, 2.05) is 6.92 Å². The summed E-state index contributed by atoms with van der Waals surface area (Å²) in [6.45, 7) is 4.88. The van der Waals surface area contributed by atoms with Crippen LogP contribution in [-0.2, 0) is 4.79 Å². The number of nitrogens with one attached hydrogen (secondary N) is 1. The van der Waals surface area contributed by atoms with Gasteiger partial charge < -0.3 is 5.32 Å². The molecule has 1 N–H and O–H groups in total. The van der Waals surface area contributed by atoms with Gasteiger partial charge in [-0.1, -0.05) is 45.4 Å². The number of halogens is 1. The van der Waals surface area contributed by atoms with Crippen LogP contribution >= 0.6 is 11.6 Å². The molecule has 0 aliphatic carbocycles. The van der Waals surface area contributed by atoms with E-state index < -0.39 is 0 Å². The van der Waals surface area contributed by atoms with Gasteiger partial charge in [-0.05, 0) is 19.8 Å². The van der Waals surface area contributed by atoms with Crippen molar-refractivity contribution in [3.8, 4) is 0 Å². The molecule has 0 aromatic heterocycles. The number of rotatable bonds is 11. The Balaban J connectivity index is 3.16. The summed E-state index contributed by atoms with van der Waals surface area (Å²) in [6.07, 6.45) is 10.3. The summed E-state index contributed by atoms with van der Waals surface area (Å²) >= 11 is 5.80. The Bertz CT molecular complexity index is 183. The second kappa shape index (κ2) is 12.2. The summed E-state index contributed by atoms with van der Waals surface area (Å²) in [5.74, 6) is 0.177. The zero-order valence-electron chi connectivity index (χ0n) is 11.4. The van der Waals surface area contributed by atoms with E-state index in [2.05, 4.69) is 12.2 Å². The highest BCUT2D eigenvalue weighted by Gasteiger charge is 2.01. The molecule has 17 heavy (non-hydrogen) atoms. The zero-order chi connectivity index (χ0) is 12.9.